The molecule has 0 aromatic heterocycles. The lowest BCUT2D eigenvalue weighted by atomic mass is 9.80. The molecule has 4 nitrogen and oxygen atoms in total. The van der Waals surface area contributed by atoms with Gasteiger partial charge in [-0.05, 0) is 43.5 Å². The van der Waals surface area contributed by atoms with Crippen molar-refractivity contribution in [3.05, 3.63) is 28.7 Å². The largest absolute Gasteiger partial charge is 0.389 e. The summed E-state index contributed by atoms with van der Waals surface area (Å²) >= 11 is 3.34. The SMILES string of the molecule is O=C(CNCC1(O)CCC1)Nc1ccc(Br)cc1. The lowest BCUT2D eigenvalue weighted by Crippen LogP contribution is -2.47. The molecule has 2 rings (SSSR count). The second-order valence-electron chi connectivity index (χ2n) is 4.74. The van der Waals surface area contributed by atoms with Crippen molar-refractivity contribution in [2.45, 2.75) is 24.9 Å². The van der Waals surface area contributed by atoms with Gasteiger partial charge in [0, 0.05) is 16.7 Å². The van der Waals surface area contributed by atoms with E-state index in [0.717, 1.165) is 29.4 Å². The highest BCUT2D eigenvalue weighted by molar-refractivity contribution is 9.10. The zero-order valence-electron chi connectivity index (χ0n) is 10.1. The number of aliphatic hydroxyl groups is 1. The summed E-state index contributed by atoms with van der Waals surface area (Å²) in [7, 11) is 0. The van der Waals surface area contributed by atoms with Crippen LogP contribution >= 0.6 is 15.9 Å². The summed E-state index contributed by atoms with van der Waals surface area (Å²) in [6.45, 7) is 0.707. The molecule has 5 heteroatoms. The molecule has 0 atom stereocenters. The van der Waals surface area contributed by atoms with Gasteiger partial charge in [-0.2, -0.15) is 0 Å². The first kappa shape index (κ1) is 13.5. The Balaban J connectivity index is 1.70. The quantitative estimate of drug-likeness (QED) is 0.778. The van der Waals surface area contributed by atoms with Crippen LogP contribution in [0.1, 0.15) is 19.3 Å². The Kier molecular flexibility index (Phi) is 4.37. The van der Waals surface area contributed by atoms with Crippen molar-refractivity contribution >= 4 is 27.5 Å². The van der Waals surface area contributed by atoms with Gasteiger partial charge >= 0.3 is 0 Å². The summed E-state index contributed by atoms with van der Waals surface area (Å²) in [4.78, 5) is 11.6. The fourth-order valence-electron chi connectivity index (χ4n) is 1.91. The molecule has 18 heavy (non-hydrogen) atoms. The fourth-order valence-corrected chi connectivity index (χ4v) is 2.17. The molecular weight excluding hydrogens is 296 g/mol. The maximum atomic E-state index is 11.6. The first-order valence-corrected chi connectivity index (χ1v) is 6.85. The number of carbonyl (C=O) groups excluding carboxylic acids is 1. The van der Waals surface area contributed by atoms with E-state index in [1.165, 1.54) is 0 Å². The number of rotatable bonds is 5. The third-order valence-corrected chi connectivity index (χ3v) is 3.68. The molecule has 3 N–H and O–H groups in total. The average Bonchev–Trinajstić information content (AvgIpc) is 2.30. The Labute approximate surface area is 115 Å². The number of benzene rings is 1. The van der Waals surface area contributed by atoms with E-state index in [-0.39, 0.29) is 12.5 Å². The van der Waals surface area contributed by atoms with E-state index >= 15 is 0 Å². The summed E-state index contributed by atoms with van der Waals surface area (Å²) < 4.78 is 0.978. The van der Waals surface area contributed by atoms with Gasteiger partial charge in [0.25, 0.3) is 0 Å². The van der Waals surface area contributed by atoms with Gasteiger partial charge in [-0.3, -0.25) is 4.79 Å². The number of amides is 1. The van der Waals surface area contributed by atoms with Crippen LogP contribution in [0, 0.1) is 0 Å². The molecule has 0 saturated heterocycles. The summed E-state index contributed by atoms with van der Waals surface area (Å²) in [5, 5.41) is 15.6. The van der Waals surface area contributed by atoms with Crippen molar-refractivity contribution in [2.75, 3.05) is 18.4 Å². The molecule has 0 radical (unpaired) electrons. The van der Waals surface area contributed by atoms with E-state index in [4.69, 9.17) is 0 Å². The van der Waals surface area contributed by atoms with Crippen LogP contribution < -0.4 is 10.6 Å². The van der Waals surface area contributed by atoms with E-state index in [1.54, 1.807) is 0 Å². The van der Waals surface area contributed by atoms with Crippen LogP contribution in [-0.4, -0.2) is 29.7 Å². The molecule has 0 unspecified atom stereocenters. The Morgan fingerprint density at radius 3 is 2.56 bits per heavy atom. The van der Waals surface area contributed by atoms with Crippen molar-refractivity contribution in [3.8, 4) is 0 Å². The maximum absolute atomic E-state index is 11.6. The number of hydrogen-bond donors (Lipinski definition) is 3. The summed E-state index contributed by atoms with van der Waals surface area (Å²) in [6.07, 6.45) is 2.73. The smallest absolute Gasteiger partial charge is 0.238 e. The van der Waals surface area contributed by atoms with Crippen molar-refractivity contribution < 1.29 is 9.90 Å². The zero-order valence-corrected chi connectivity index (χ0v) is 11.7. The lowest BCUT2D eigenvalue weighted by Gasteiger charge is -2.36. The van der Waals surface area contributed by atoms with Gasteiger partial charge in [0.15, 0.2) is 0 Å². The molecule has 1 aromatic carbocycles. The van der Waals surface area contributed by atoms with Gasteiger partial charge in [-0.1, -0.05) is 15.9 Å². The maximum Gasteiger partial charge on any atom is 0.238 e. The van der Waals surface area contributed by atoms with Crippen molar-refractivity contribution in [2.24, 2.45) is 0 Å². The van der Waals surface area contributed by atoms with E-state index in [0.29, 0.717) is 6.54 Å². The molecule has 1 fully saturated rings. The van der Waals surface area contributed by atoms with Crippen LogP contribution in [0.5, 0.6) is 0 Å². The average molecular weight is 313 g/mol. The Morgan fingerprint density at radius 1 is 1.33 bits per heavy atom. The highest BCUT2D eigenvalue weighted by Gasteiger charge is 2.33. The molecular formula is C13H17BrN2O2. The number of anilines is 1. The van der Waals surface area contributed by atoms with Gasteiger partial charge in [0.05, 0.1) is 12.1 Å². The van der Waals surface area contributed by atoms with Crippen LogP contribution in [0.3, 0.4) is 0 Å². The topological polar surface area (TPSA) is 61.4 Å². The number of halogens is 1. The van der Waals surface area contributed by atoms with Gasteiger partial charge in [-0.25, -0.2) is 0 Å². The minimum Gasteiger partial charge on any atom is -0.389 e. The molecule has 1 aliphatic carbocycles. The Hall–Kier alpha value is -0.910. The molecule has 1 aliphatic rings. The lowest BCUT2D eigenvalue weighted by molar-refractivity contribution is -0.115. The summed E-state index contributed by atoms with van der Waals surface area (Å²) in [5.41, 5.74) is 0.185. The Morgan fingerprint density at radius 2 is 2.00 bits per heavy atom. The number of hydrogen-bond acceptors (Lipinski definition) is 3. The number of carbonyl (C=O) groups is 1. The second-order valence-corrected chi connectivity index (χ2v) is 5.65. The van der Waals surface area contributed by atoms with Crippen LogP contribution in [0.25, 0.3) is 0 Å². The van der Waals surface area contributed by atoms with Gasteiger partial charge in [0.1, 0.15) is 0 Å². The minimum absolute atomic E-state index is 0.0970. The van der Waals surface area contributed by atoms with Crippen LogP contribution in [-0.2, 0) is 4.79 Å². The van der Waals surface area contributed by atoms with E-state index in [1.807, 2.05) is 24.3 Å². The molecule has 1 saturated carbocycles. The molecule has 98 valence electrons. The third kappa shape index (κ3) is 3.80. The summed E-state index contributed by atoms with van der Waals surface area (Å²) in [6, 6.07) is 7.42. The zero-order chi connectivity index (χ0) is 13.0. The highest BCUT2D eigenvalue weighted by atomic mass is 79.9. The monoisotopic (exact) mass is 312 g/mol. The molecule has 0 bridgehead atoms. The summed E-state index contributed by atoms with van der Waals surface area (Å²) in [5.74, 6) is -0.0970. The predicted octanol–water partition coefficient (Wildman–Crippen LogP) is 1.89. The standard InChI is InChI=1S/C13H17BrN2O2/c14-10-2-4-11(5-3-10)16-12(17)8-15-9-13(18)6-1-7-13/h2-5,15,18H,1,6-9H2,(H,16,17). The van der Waals surface area contributed by atoms with Gasteiger partial charge < -0.3 is 15.7 Å². The Bertz CT molecular complexity index is 416. The molecule has 0 spiro atoms. The normalized spacial score (nSPS) is 17.0. The third-order valence-electron chi connectivity index (χ3n) is 3.15. The molecule has 0 heterocycles. The molecule has 0 aliphatic heterocycles. The predicted molar refractivity (Wildman–Crippen MR) is 74.4 cm³/mol. The van der Waals surface area contributed by atoms with Crippen molar-refractivity contribution in [1.82, 2.24) is 5.32 Å². The van der Waals surface area contributed by atoms with Gasteiger partial charge in [0.2, 0.25) is 5.91 Å². The molecule has 1 aromatic rings. The highest BCUT2D eigenvalue weighted by Crippen LogP contribution is 2.30. The van der Waals surface area contributed by atoms with Crippen molar-refractivity contribution in [3.63, 3.8) is 0 Å². The van der Waals surface area contributed by atoms with Crippen LogP contribution in [0.15, 0.2) is 28.7 Å². The van der Waals surface area contributed by atoms with Crippen LogP contribution in [0.2, 0.25) is 0 Å². The minimum atomic E-state index is -0.585. The van der Waals surface area contributed by atoms with Gasteiger partial charge in [-0.15, -0.1) is 0 Å². The van der Waals surface area contributed by atoms with E-state index < -0.39 is 5.60 Å². The fraction of sp³-hybridized carbons (Fsp3) is 0.462. The molecule has 1 amide bonds. The second kappa shape index (κ2) is 5.82. The number of nitrogens with one attached hydrogen (secondary N) is 2. The van der Waals surface area contributed by atoms with Crippen molar-refractivity contribution in [1.29, 1.82) is 0 Å². The van der Waals surface area contributed by atoms with E-state index in [9.17, 15) is 9.90 Å². The first-order chi connectivity index (χ1) is 8.57. The van der Waals surface area contributed by atoms with Crippen LogP contribution in [0.4, 0.5) is 5.69 Å². The first-order valence-electron chi connectivity index (χ1n) is 6.06. The van der Waals surface area contributed by atoms with E-state index in [2.05, 4.69) is 26.6 Å².